The molecule has 0 unspecified atom stereocenters. The van der Waals surface area contributed by atoms with Gasteiger partial charge >= 0.3 is 113 Å². The fourth-order valence-corrected chi connectivity index (χ4v) is 0.618. The van der Waals surface area contributed by atoms with Crippen LogP contribution in [0, 0.1) is 0 Å². The molecule has 0 aliphatic heterocycles. The summed E-state index contributed by atoms with van der Waals surface area (Å²) in [6.07, 6.45) is -6.84. The van der Waals surface area contributed by atoms with E-state index < -0.39 is 46.7 Å². The van der Waals surface area contributed by atoms with E-state index in [1.54, 1.807) is 0 Å². The molecule has 4 atom stereocenters. The Labute approximate surface area is 231 Å². The second-order valence-electron chi connectivity index (χ2n) is 3.25. The van der Waals surface area contributed by atoms with Crippen LogP contribution in [0.3, 0.4) is 0 Å². The quantitative estimate of drug-likeness (QED) is 0.136. The number of aliphatic hydroxyl groups is 5. The molecule has 0 heterocycles. The molecule has 0 spiro atoms. The van der Waals surface area contributed by atoms with Gasteiger partial charge in [-0.05, 0) is 0 Å². The van der Waals surface area contributed by atoms with Crippen LogP contribution in [0.2, 0.25) is 0 Å². The van der Waals surface area contributed by atoms with Crippen LogP contribution >= 0.6 is 15.6 Å². The van der Waals surface area contributed by atoms with E-state index in [-0.39, 0.29) is 120 Å². The SMILES string of the molecule is O=C[C@H](O)[C@@H](O)[C@H](O)[C@H](O)CO.O=P([O-])([O-])[O-].O=P([O-])([O-])[O-].[Ca+2].[Ca+2].[Ca+2]. The van der Waals surface area contributed by atoms with E-state index in [0.29, 0.717) is 0 Å². The van der Waals surface area contributed by atoms with Crippen molar-refractivity contribution in [3.8, 4) is 0 Å². The van der Waals surface area contributed by atoms with Gasteiger partial charge in [-0.25, -0.2) is 0 Å². The molecular weight excluding hydrogens is 478 g/mol. The first-order valence-corrected chi connectivity index (χ1v) is 7.71. The summed E-state index contributed by atoms with van der Waals surface area (Å²) in [6, 6.07) is 0. The van der Waals surface area contributed by atoms with Crippen molar-refractivity contribution < 1.29 is 68.8 Å². The predicted molar refractivity (Wildman–Crippen MR) is 69.7 cm³/mol. The third-order valence-corrected chi connectivity index (χ3v) is 1.42. The number of carbonyl (C=O) groups excluding carboxylic acids is 1. The van der Waals surface area contributed by atoms with Gasteiger partial charge < -0.3 is 68.8 Å². The van der Waals surface area contributed by atoms with E-state index >= 15 is 0 Å². The third-order valence-electron chi connectivity index (χ3n) is 1.42. The van der Waals surface area contributed by atoms with Crippen molar-refractivity contribution in [2.75, 3.05) is 6.61 Å². The average molecular weight is 490 g/mol. The van der Waals surface area contributed by atoms with Crippen LogP contribution < -0.4 is 29.4 Å². The zero-order valence-corrected chi connectivity index (χ0v) is 20.9. The molecule has 136 valence electrons. The fourth-order valence-electron chi connectivity index (χ4n) is 0.618. The zero-order chi connectivity index (χ0) is 18.7. The summed E-state index contributed by atoms with van der Waals surface area (Å²) < 4.78 is 17.1. The van der Waals surface area contributed by atoms with Crippen molar-refractivity contribution in [3.63, 3.8) is 0 Å². The number of rotatable bonds is 5. The minimum absolute atomic E-state index is 0. The Balaban J connectivity index is -0.0000000592. The summed E-state index contributed by atoms with van der Waals surface area (Å²) in [5, 5.41) is 43.5. The molecule has 19 heteroatoms. The predicted octanol–water partition coefficient (Wildman–Crippen LogP) is -10.2. The Morgan fingerprint density at radius 3 is 1.16 bits per heavy atom. The van der Waals surface area contributed by atoms with Gasteiger partial charge in [0.15, 0.2) is 6.29 Å². The largest absolute Gasteiger partial charge is 2.00 e. The molecule has 0 bridgehead atoms. The minimum atomic E-state index is -5.39. The topological polar surface area (TPSA) is 291 Å². The van der Waals surface area contributed by atoms with Crippen LogP contribution in [0.5, 0.6) is 0 Å². The Hall–Kier alpha value is 3.47. The smallest absolute Gasteiger partial charge is 0.822 e. The molecule has 0 saturated heterocycles. The van der Waals surface area contributed by atoms with Crippen LogP contribution in [0.1, 0.15) is 0 Å². The Kier molecular flexibility index (Phi) is 37.7. The van der Waals surface area contributed by atoms with Gasteiger partial charge in [0.25, 0.3) is 0 Å². The van der Waals surface area contributed by atoms with Crippen molar-refractivity contribution >= 4 is 135 Å². The molecule has 25 heavy (non-hydrogen) atoms. The van der Waals surface area contributed by atoms with Crippen LogP contribution in [0.4, 0.5) is 0 Å². The molecule has 0 aromatic rings. The van der Waals surface area contributed by atoms with Crippen LogP contribution in [-0.4, -0.2) is 176 Å². The molecule has 0 rings (SSSR count). The minimum Gasteiger partial charge on any atom is -0.822 e. The van der Waals surface area contributed by atoms with Crippen molar-refractivity contribution in [2.45, 2.75) is 24.4 Å². The summed E-state index contributed by atoms with van der Waals surface area (Å²) in [5.41, 5.74) is 0. The number of aldehydes is 1. The van der Waals surface area contributed by atoms with Crippen molar-refractivity contribution in [1.82, 2.24) is 0 Å². The van der Waals surface area contributed by atoms with Gasteiger partial charge in [0.1, 0.15) is 24.4 Å². The number of carbonyl (C=O) groups is 1. The number of hydrogen-bond donors (Lipinski definition) is 5. The van der Waals surface area contributed by atoms with Gasteiger partial charge in [0, 0.05) is 0 Å². The monoisotopic (exact) mass is 490 g/mol. The second kappa shape index (κ2) is 22.2. The molecule has 0 fully saturated rings. The van der Waals surface area contributed by atoms with Gasteiger partial charge in [-0.15, -0.1) is 0 Å². The standard InChI is InChI=1S/C6H12O6.3Ca.2H3O4P/c7-1-3(9)5(11)6(12)4(10)2-8;;;;2*1-5(2,3)4/h1,3-6,8-12H,2H2;;;;2*(H3,1,2,3,4)/q;3*+2;;/p-6/t3-,4+,5+,6+;;;;;/m0...../s1. The first-order chi connectivity index (χ1) is 9.54. The molecule has 0 aromatic carbocycles. The first kappa shape index (κ1) is 42.5. The third kappa shape index (κ3) is 47.0. The van der Waals surface area contributed by atoms with Crippen molar-refractivity contribution in [3.05, 3.63) is 0 Å². The summed E-state index contributed by atoms with van der Waals surface area (Å²) in [7, 11) is -10.8. The summed E-state index contributed by atoms with van der Waals surface area (Å²) in [6.45, 7) is -0.760. The molecular formula is C6H12Ca3O14P2. The maximum absolute atomic E-state index is 9.90. The molecule has 0 radical (unpaired) electrons. The van der Waals surface area contributed by atoms with E-state index in [9.17, 15) is 4.79 Å². The molecule has 0 amide bonds. The van der Waals surface area contributed by atoms with E-state index in [2.05, 4.69) is 0 Å². The van der Waals surface area contributed by atoms with Gasteiger partial charge in [-0.1, -0.05) is 0 Å². The number of phosphoric acid groups is 2. The molecule has 0 aromatic heterocycles. The summed E-state index contributed by atoms with van der Waals surface area (Å²) in [5.74, 6) is 0. The van der Waals surface area contributed by atoms with E-state index in [1.165, 1.54) is 0 Å². The van der Waals surface area contributed by atoms with Gasteiger partial charge in [0.2, 0.25) is 0 Å². The number of hydrogen-bond acceptors (Lipinski definition) is 14. The maximum Gasteiger partial charge on any atom is 2.00 e. The van der Waals surface area contributed by atoms with Crippen LogP contribution in [0.25, 0.3) is 0 Å². The number of aliphatic hydroxyl groups excluding tert-OH is 5. The van der Waals surface area contributed by atoms with Crippen LogP contribution in [0.15, 0.2) is 0 Å². The van der Waals surface area contributed by atoms with Gasteiger partial charge in [0.05, 0.1) is 6.61 Å². The molecule has 0 aliphatic rings. The Bertz CT molecular complexity index is 350. The Morgan fingerprint density at radius 1 is 0.760 bits per heavy atom. The average Bonchev–Trinajstić information content (AvgIpc) is 2.30. The normalized spacial score (nSPS) is 14.8. The molecule has 5 N–H and O–H groups in total. The van der Waals surface area contributed by atoms with Crippen molar-refractivity contribution in [2.24, 2.45) is 0 Å². The summed E-state index contributed by atoms with van der Waals surface area (Å²) >= 11 is 0. The molecule has 14 nitrogen and oxygen atoms in total. The van der Waals surface area contributed by atoms with Crippen LogP contribution in [-0.2, 0) is 13.9 Å². The summed E-state index contributed by atoms with van der Waals surface area (Å²) in [4.78, 5) is 61.2. The zero-order valence-electron chi connectivity index (χ0n) is 12.5. The van der Waals surface area contributed by atoms with E-state index in [1.807, 2.05) is 0 Å². The Morgan fingerprint density at radius 2 is 1.00 bits per heavy atom. The van der Waals surface area contributed by atoms with Crippen molar-refractivity contribution in [1.29, 1.82) is 0 Å². The van der Waals surface area contributed by atoms with Gasteiger partial charge in [-0.3, -0.25) is 0 Å². The maximum atomic E-state index is 9.90. The molecule has 0 saturated carbocycles. The fraction of sp³-hybridized carbons (Fsp3) is 0.833. The van der Waals surface area contributed by atoms with Gasteiger partial charge in [-0.2, -0.15) is 15.6 Å². The molecule has 0 aliphatic carbocycles. The van der Waals surface area contributed by atoms with E-state index in [4.69, 9.17) is 64.0 Å². The van der Waals surface area contributed by atoms with E-state index in [0.717, 1.165) is 0 Å². The first-order valence-electron chi connectivity index (χ1n) is 4.79. The second-order valence-corrected chi connectivity index (χ2v) is 5.04.